The van der Waals surface area contributed by atoms with Gasteiger partial charge in [-0.05, 0) is 24.1 Å². The molecular weight excluding hydrogens is 260 g/mol. The number of para-hydroxylation sites is 1. The van der Waals surface area contributed by atoms with Crippen LogP contribution < -0.4 is 5.32 Å². The van der Waals surface area contributed by atoms with Crippen LogP contribution in [0.25, 0.3) is 10.9 Å². The average Bonchev–Trinajstić information content (AvgIpc) is 2.97. The lowest BCUT2D eigenvalue weighted by Crippen LogP contribution is -2.42. The van der Waals surface area contributed by atoms with E-state index in [0.29, 0.717) is 6.54 Å². The molecule has 3 heteroatoms. The molecule has 0 aliphatic heterocycles. The van der Waals surface area contributed by atoms with E-state index in [1.165, 1.54) is 10.9 Å². The van der Waals surface area contributed by atoms with Gasteiger partial charge in [0, 0.05) is 23.6 Å². The number of nitrogens with one attached hydrogen (secondary N) is 2. The van der Waals surface area contributed by atoms with E-state index in [9.17, 15) is 5.11 Å². The lowest BCUT2D eigenvalue weighted by atomic mass is 9.92. The van der Waals surface area contributed by atoms with Crippen molar-refractivity contribution in [1.82, 2.24) is 10.3 Å². The molecule has 0 saturated heterocycles. The third-order valence-electron chi connectivity index (χ3n) is 4.07. The fourth-order valence-corrected chi connectivity index (χ4v) is 2.62. The fourth-order valence-electron chi connectivity index (χ4n) is 2.62. The third kappa shape index (κ3) is 2.71. The predicted molar refractivity (Wildman–Crippen MR) is 86.0 cm³/mol. The number of aliphatic hydroxyl groups is 1. The van der Waals surface area contributed by atoms with Crippen molar-refractivity contribution in [2.24, 2.45) is 0 Å². The Kier molecular flexibility index (Phi) is 3.78. The standard InChI is InChI=1S/C18H20N2O/c1-18(13-21,15-7-3-2-4-8-15)20-12-14-11-19-17-10-6-5-9-16(14)17/h2-11,19-21H,12-13H2,1H3. The highest BCUT2D eigenvalue weighted by Crippen LogP contribution is 2.23. The van der Waals surface area contributed by atoms with Gasteiger partial charge in [0.1, 0.15) is 0 Å². The lowest BCUT2D eigenvalue weighted by molar-refractivity contribution is 0.173. The minimum absolute atomic E-state index is 0.0549. The molecule has 0 amide bonds. The van der Waals surface area contributed by atoms with Crippen LogP contribution in [0, 0.1) is 0 Å². The van der Waals surface area contributed by atoms with Gasteiger partial charge in [-0.3, -0.25) is 0 Å². The van der Waals surface area contributed by atoms with Gasteiger partial charge < -0.3 is 15.4 Å². The van der Waals surface area contributed by atoms with Crippen LogP contribution in [0.5, 0.6) is 0 Å². The van der Waals surface area contributed by atoms with Crippen LogP contribution in [-0.2, 0) is 12.1 Å². The van der Waals surface area contributed by atoms with Crippen molar-refractivity contribution in [3.63, 3.8) is 0 Å². The molecule has 0 radical (unpaired) electrons. The second-order valence-corrected chi connectivity index (χ2v) is 5.57. The Balaban J connectivity index is 1.82. The van der Waals surface area contributed by atoms with Gasteiger partial charge >= 0.3 is 0 Å². The number of benzene rings is 2. The molecule has 0 saturated carbocycles. The number of aliphatic hydroxyl groups excluding tert-OH is 1. The minimum Gasteiger partial charge on any atom is -0.394 e. The summed E-state index contributed by atoms with van der Waals surface area (Å²) < 4.78 is 0. The number of aromatic amines is 1. The number of H-pyrrole nitrogens is 1. The molecule has 1 unspecified atom stereocenters. The van der Waals surface area contributed by atoms with Crippen LogP contribution in [0.4, 0.5) is 0 Å². The molecule has 1 atom stereocenters. The van der Waals surface area contributed by atoms with Crippen molar-refractivity contribution in [2.45, 2.75) is 19.0 Å². The molecule has 0 aliphatic carbocycles. The van der Waals surface area contributed by atoms with E-state index in [4.69, 9.17) is 0 Å². The Labute approximate surface area is 124 Å². The van der Waals surface area contributed by atoms with Crippen molar-refractivity contribution >= 4 is 10.9 Å². The van der Waals surface area contributed by atoms with E-state index < -0.39 is 5.54 Å². The monoisotopic (exact) mass is 280 g/mol. The highest BCUT2D eigenvalue weighted by molar-refractivity contribution is 5.82. The Morgan fingerprint density at radius 3 is 2.52 bits per heavy atom. The topological polar surface area (TPSA) is 48.0 Å². The van der Waals surface area contributed by atoms with Gasteiger partial charge in [-0.15, -0.1) is 0 Å². The molecule has 2 aromatic carbocycles. The molecule has 21 heavy (non-hydrogen) atoms. The van der Waals surface area contributed by atoms with Crippen LogP contribution in [0.2, 0.25) is 0 Å². The van der Waals surface area contributed by atoms with Gasteiger partial charge in [-0.1, -0.05) is 48.5 Å². The van der Waals surface area contributed by atoms with Crippen molar-refractivity contribution in [3.8, 4) is 0 Å². The number of fused-ring (bicyclic) bond motifs is 1. The number of hydrogen-bond donors (Lipinski definition) is 3. The van der Waals surface area contributed by atoms with Crippen LogP contribution in [0.1, 0.15) is 18.1 Å². The third-order valence-corrected chi connectivity index (χ3v) is 4.07. The highest BCUT2D eigenvalue weighted by atomic mass is 16.3. The summed E-state index contributed by atoms with van der Waals surface area (Å²) in [7, 11) is 0. The molecular formula is C18H20N2O. The molecule has 108 valence electrons. The summed E-state index contributed by atoms with van der Waals surface area (Å²) in [5.41, 5.74) is 2.99. The zero-order valence-electron chi connectivity index (χ0n) is 12.1. The van der Waals surface area contributed by atoms with Crippen molar-refractivity contribution in [1.29, 1.82) is 0 Å². The van der Waals surface area contributed by atoms with E-state index in [2.05, 4.69) is 22.4 Å². The predicted octanol–water partition coefficient (Wildman–Crippen LogP) is 3.17. The summed E-state index contributed by atoms with van der Waals surface area (Å²) in [6, 6.07) is 18.3. The average molecular weight is 280 g/mol. The molecule has 3 nitrogen and oxygen atoms in total. The highest BCUT2D eigenvalue weighted by Gasteiger charge is 2.25. The van der Waals surface area contributed by atoms with E-state index >= 15 is 0 Å². The summed E-state index contributed by atoms with van der Waals surface area (Å²) in [4.78, 5) is 3.28. The van der Waals surface area contributed by atoms with Gasteiger partial charge in [0.25, 0.3) is 0 Å². The second-order valence-electron chi connectivity index (χ2n) is 5.57. The molecule has 3 rings (SSSR count). The van der Waals surface area contributed by atoms with Crippen LogP contribution >= 0.6 is 0 Å². The molecule has 1 heterocycles. The summed E-state index contributed by atoms with van der Waals surface area (Å²) in [6.07, 6.45) is 2.03. The fraction of sp³-hybridized carbons (Fsp3) is 0.222. The van der Waals surface area contributed by atoms with Gasteiger partial charge in [-0.2, -0.15) is 0 Å². The van der Waals surface area contributed by atoms with Crippen LogP contribution in [0.15, 0.2) is 60.8 Å². The van der Waals surface area contributed by atoms with E-state index in [0.717, 1.165) is 11.1 Å². The van der Waals surface area contributed by atoms with E-state index in [-0.39, 0.29) is 6.61 Å². The SMILES string of the molecule is CC(CO)(NCc1c[nH]c2ccccc12)c1ccccc1. The van der Waals surface area contributed by atoms with Gasteiger partial charge in [0.2, 0.25) is 0 Å². The first-order valence-corrected chi connectivity index (χ1v) is 7.19. The maximum absolute atomic E-state index is 9.81. The summed E-state index contributed by atoms with van der Waals surface area (Å²) in [5.74, 6) is 0. The molecule has 1 aromatic heterocycles. The number of hydrogen-bond acceptors (Lipinski definition) is 2. The van der Waals surface area contributed by atoms with E-state index in [1.807, 2.05) is 55.6 Å². The molecule has 0 fully saturated rings. The van der Waals surface area contributed by atoms with Crippen molar-refractivity contribution in [3.05, 3.63) is 71.9 Å². The molecule has 0 spiro atoms. The zero-order chi connectivity index (χ0) is 14.7. The molecule has 3 N–H and O–H groups in total. The summed E-state index contributed by atoms with van der Waals surface area (Å²) >= 11 is 0. The summed E-state index contributed by atoms with van der Waals surface area (Å²) in [6.45, 7) is 2.78. The van der Waals surface area contributed by atoms with Crippen LogP contribution in [0.3, 0.4) is 0 Å². The first kappa shape index (κ1) is 13.9. The van der Waals surface area contributed by atoms with E-state index in [1.54, 1.807) is 0 Å². The summed E-state index contributed by atoms with van der Waals surface area (Å²) in [5, 5.41) is 14.5. The van der Waals surface area contributed by atoms with Crippen LogP contribution in [-0.4, -0.2) is 16.7 Å². The minimum atomic E-state index is -0.445. The number of aromatic nitrogens is 1. The Morgan fingerprint density at radius 1 is 1.05 bits per heavy atom. The molecule has 0 bridgehead atoms. The normalized spacial score (nSPS) is 14.2. The Morgan fingerprint density at radius 2 is 1.76 bits per heavy atom. The zero-order valence-corrected chi connectivity index (χ0v) is 12.1. The van der Waals surface area contributed by atoms with Crippen molar-refractivity contribution < 1.29 is 5.11 Å². The molecule has 3 aromatic rings. The number of rotatable bonds is 5. The molecule has 0 aliphatic rings. The Hall–Kier alpha value is -2.10. The largest absolute Gasteiger partial charge is 0.394 e. The maximum Gasteiger partial charge on any atom is 0.0652 e. The quantitative estimate of drug-likeness (QED) is 0.672. The second kappa shape index (κ2) is 5.72. The van der Waals surface area contributed by atoms with Crippen molar-refractivity contribution in [2.75, 3.05) is 6.61 Å². The smallest absolute Gasteiger partial charge is 0.0652 e. The van der Waals surface area contributed by atoms with Gasteiger partial charge in [0.15, 0.2) is 0 Å². The maximum atomic E-state index is 9.81. The van der Waals surface area contributed by atoms with Gasteiger partial charge in [0.05, 0.1) is 12.1 Å². The lowest BCUT2D eigenvalue weighted by Gasteiger charge is -2.29. The first-order valence-electron chi connectivity index (χ1n) is 7.19. The Bertz CT molecular complexity index is 720. The van der Waals surface area contributed by atoms with Gasteiger partial charge in [-0.25, -0.2) is 0 Å². The first-order chi connectivity index (χ1) is 10.2.